The Morgan fingerprint density at radius 2 is 2.00 bits per heavy atom. The second kappa shape index (κ2) is 5.75. The first-order chi connectivity index (χ1) is 8.88. The summed E-state index contributed by atoms with van der Waals surface area (Å²) in [6, 6.07) is 2.62. The van der Waals surface area contributed by atoms with Crippen LogP contribution in [-0.2, 0) is 0 Å². The molecule has 0 saturated carbocycles. The van der Waals surface area contributed by atoms with Gasteiger partial charge in [-0.05, 0) is 35.9 Å². The van der Waals surface area contributed by atoms with Crippen LogP contribution in [0.3, 0.4) is 0 Å². The summed E-state index contributed by atoms with van der Waals surface area (Å²) in [7, 11) is 4.31. The van der Waals surface area contributed by atoms with Crippen molar-refractivity contribution in [3.63, 3.8) is 0 Å². The molecule has 1 saturated heterocycles. The van der Waals surface area contributed by atoms with E-state index in [1.807, 2.05) is 6.07 Å². The maximum Gasteiger partial charge on any atom is 0.134 e. The van der Waals surface area contributed by atoms with Gasteiger partial charge in [-0.2, -0.15) is 0 Å². The zero-order valence-corrected chi connectivity index (χ0v) is 14.0. The fraction of sp³-hybridized carbons (Fsp3) is 0.714. The minimum Gasteiger partial charge on any atom is -0.355 e. The molecule has 0 spiro atoms. The van der Waals surface area contributed by atoms with Crippen LogP contribution in [0.1, 0.15) is 32.5 Å². The number of likely N-dealkylation sites (N-methyl/N-ethyl adjacent to an activating group) is 1. The smallest absolute Gasteiger partial charge is 0.134 e. The van der Waals surface area contributed by atoms with Gasteiger partial charge in [-0.15, -0.1) is 0 Å². The Balaban J connectivity index is 2.23. The van der Waals surface area contributed by atoms with Crippen molar-refractivity contribution in [2.75, 3.05) is 32.1 Å². The molecule has 1 aromatic rings. The fourth-order valence-electron chi connectivity index (χ4n) is 2.65. The first kappa shape index (κ1) is 14.7. The highest BCUT2D eigenvalue weighted by molar-refractivity contribution is 9.10. The summed E-state index contributed by atoms with van der Waals surface area (Å²) in [5.41, 5.74) is 0. The predicted octanol–water partition coefficient (Wildman–Crippen LogP) is 2.75. The van der Waals surface area contributed by atoms with E-state index in [2.05, 4.69) is 65.6 Å². The van der Waals surface area contributed by atoms with Crippen LogP contribution < -0.4 is 4.90 Å². The Hall–Kier alpha value is -0.680. The lowest BCUT2D eigenvalue weighted by Gasteiger charge is -2.23. The van der Waals surface area contributed by atoms with Crippen LogP contribution in [-0.4, -0.2) is 48.1 Å². The molecule has 1 aromatic heterocycles. The average Bonchev–Trinajstić information content (AvgIpc) is 2.70. The van der Waals surface area contributed by atoms with Gasteiger partial charge in [-0.25, -0.2) is 9.97 Å². The minimum atomic E-state index is 0.348. The van der Waals surface area contributed by atoms with E-state index in [9.17, 15) is 0 Å². The van der Waals surface area contributed by atoms with E-state index >= 15 is 0 Å². The molecule has 0 N–H and O–H groups in total. The fourth-order valence-corrected chi connectivity index (χ4v) is 3.04. The van der Waals surface area contributed by atoms with E-state index in [1.165, 1.54) is 0 Å². The van der Waals surface area contributed by atoms with Gasteiger partial charge in [-0.3, -0.25) is 0 Å². The van der Waals surface area contributed by atoms with Gasteiger partial charge >= 0.3 is 0 Å². The molecule has 0 radical (unpaired) electrons. The number of nitrogens with zero attached hydrogens (tertiary/aromatic N) is 4. The normalized spacial score (nSPS) is 23.7. The molecule has 1 aliphatic rings. The number of aromatic nitrogens is 2. The van der Waals surface area contributed by atoms with Gasteiger partial charge in [0.15, 0.2) is 0 Å². The monoisotopic (exact) mass is 326 g/mol. The number of anilines is 1. The third kappa shape index (κ3) is 3.26. The van der Waals surface area contributed by atoms with Crippen molar-refractivity contribution in [3.8, 4) is 0 Å². The van der Waals surface area contributed by atoms with Gasteiger partial charge in [0, 0.05) is 31.1 Å². The summed E-state index contributed by atoms with van der Waals surface area (Å²) in [6.07, 6.45) is 0. The summed E-state index contributed by atoms with van der Waals surface area (Å²) in [4.78, 5) is 13.8. The van der Waals surface area contributed by atoms with E-state index in [0.717, 1.165) is 29.3 Å². The largest absolute Gasteiger partial charge is 0.355 e. The Morgan fingerprint density at radius 1 is 1.32 bits per heavy atom. The second-order valence-corrected chi connectivity index (χ2v) is 6.79. The molecule has 2 rings (SSSR count). The van der Waals surface area contributed by atoms with Crippen molar-refractivity contribution in [2.45, 2.75) is 32.7 Å². The summed E-state index contributed by atoms with van der Waals surface area (Å²) >= 11 is 3.50. The maximum absolute atomic E-state index is 4.71. The van der Waals surface area contributed by atoms with Crippen LogP contribution in [0.15, 0.2) is 10.7 Å². The molecule has 0 aliphatic carbocycles. The van der Waals surface area contributed by atoms with E-state index < -0.39 is 0 Å². The molecule has 0 aromatic carbocycles. The molecule has 1 fully saturated rings. The van der Waals surface area contributed by atoms with Crippen molar-refractivity contribution >= 4 is 21.7 Å². The Bertz CT molecular complexity index is 447. The molecular weight excluding hydrogens is 304 g/mol. The molecule has 106 valence electrons. The van der Waals surface area contributed by atoms with Crippen LogP contribution in [0.25, 0.3) is 0 Å². The van der Waals surface area contributed by atoms with Crippen molar-refractivity contribution < 1.29 is 0 Å². The number of hydrogen-bond acceptors (Lipinski definition) is 4. The molecule has 5 heteroatoms. The van der Waals surface area contributed by atoms with E-state index in [1.54, 1.807) is 0 Å². The maximum atomic E-state index is 4.71. The van der Waals surface area contributed by atoms with Crippen LogP contribution in [0, 0.1) is 5.92 Å². The third-order valence-corrected chi connectivity index (χ3v) is 4.18. The van der Waals surface area contributed by atoms with Gasteiger partial charge in [0.25, 0.3) is 0 Å². The highest BCUT2D eigenvalue weighted by Crippen LogP contribution is 2.27. The zero-order chi connectivity index (χ0) is 14.2. The average molecular weight is 327 g/mol. The topological polar surface area (TPSA) is 32.3 Å². The van der Waals surface area contributed by atoms with E-state index in [0.29, 0.717) is 17.9 Å². The van der Waals surface area contributed by atoms with Crippen molar-refractivity contribution in [1.82, 2.24) is 14.9 Å². The van der Waals surface area contributed by atoms with E-state index in [-0.39, 0.29) is 0 Å². The van der Waals surface area contributed by atoms with Gasteiger partial charge in [0.1, 0.15) is 16.2 Å². The molecule has 2 heterocycles. The quantitative estimate of drug-likeness (QED) is 0.799. The molecule has 0 amide bonds. The second-order valence-electron chi connectivity index (χ2n) is 5.97. The summed E-state index contributed by atoms with van der Waals surface area (Å²) in [5, 5.41) is 0. The van der Waals surface area contributed by atoms with Crippen molar-refractivity contribution in [2.24, 2.45) is 5.92 Å². The number of hydrogen-bond donors (Lipinski definition) is 0. The summed E-state index contributed by atoms with van der Waals surface area (Å²) < 4.78 is 0.877. The van der Waals surface area contributed by atoms with Crippen LogP contribution >= 0.6 is 15.9 Å². The van der Waals surface area contributed by atoms with E-state index in [4.69, 9.17) is 4.98 Å². The Labute approximate surface area is 124 Å². The van der Waals surface area contributed by atoms with Crippen molar-refractivity contribution in [1.29, 1.82) is 0 Å². The molecule has 0 bridgehead atoms. The Morgan fingerprint density at radius 3 is 2.53 bits per heavy atom. The molecule has 1 aliphatic heterocycles. The third-order valence-electron chi connectivity index (χ3n) is 3.78. The molecule has 19 heavy (non-hydrogen) atoms. The first-order valence-corrected chi connectivity index (χ1v) is 7.63. The van der Waals surface area contributed by atoms with Crippen LogP contribution in [0.5, 0.6) is 0 Å². The van der Waals surface area contributed by atoms with Crippen LogP contribution in [0.4, 0.5) is 5.82 Å². The first-order valence-electron chi connectivity index (χ1n) is 6.84. The summed E-state index contributed by atoms with van der Waals surface area (Å²) in [5.74, 6) is 2.96. The Kier molecular flexibility index (Phi) is 4.46. The lowest BCUT2D eigenvalue weighted by Crippen LogP contribution is -2.34. The number of halogens is 1. The lowest BCUT2D eigenvalue weighted by atomic mass is 10.1. The van der Waals surface area contributed by atoms with Gasteiger partial charge in [0.2, 0.25) is 0 Å². The molecule has 2 unspecified atom stereocenters. The SMILES string of the molecule is CC(C)c1nc(Br)cc(N2CC(C)C(N(C)C)C2)n1. The molecule has 4 nitrogen and oxygen atoms in total. The highest BCUT2D eigenvalue weighted by atomic mass is 79.9. The summed E-state index contributed by atoms with van der Waals surface area (Å²) in [6.45, 7) is 8.66. The lowest BCUT2D eigenvalue weighted by molar-refractivity contribution is 0.266. The number of rotatable bonds is 3. The van der Waals surface area contributed by atoms with Gasteiger partial charge < -0.3 is 9.80 Å². The molecule has 2 atom stereocenters. The van der Waals surface area contributed by atoms with Crippen LogP contribution in [0.2, 0.25) is 0 Å². The predicted molar refractivity (Wildman–Crippen MR) is 82.7 cm³/mol. The standard InChI is InChI=1S/C14H23BrN4/c1-9(2)14-16-12(15)6-13(17-14)19-7-10(3)11(8-19)18(4)5/h6,9-11H,7-8H2,1-5H3. The van der Waals surface area contributed by atoms with Gasteiger partial charge in [-0.1, -0.05) is 20.8 Å². The highest BCUT2D eigenvalue weighted by Gasteiger charge is 2.32. The van der Waals surface area contributed by atoms with Crippen molar-refractivity contribution in [3.05, 3.63) is 16.5 Å². The minimum absolute atomic E-state index is 0.348. The van der Waals surface area contributed by atoms with Gasteiger partial charge in [0.05, 0.1) is 0 Å². The zero-order valence-electron chi connectivity index (χ0n) is 12.4. The molecular formula is C14H23BrN4.